The quantitative estimate of drug-likeness (QED) is 0.761. The van der Waals surface area contributed by atoms with Crippen molar-refractivity contribution >= 4 is 17.4 Å². The number of nitrogens with one attached hydrogen (secondary N) is 1. The molecule has 0 aliphatic carbocycles. The number of carbonyl (C=O) groups is 1. The number of rotatable bonds is 2. The molecule has 1 N–H and O–H groups in total. The fourth-order valence-electron chi connectivity index (χ4n) is 2.08. The van der Waals surface area contributed by atoms with Crippen molar-refractivity contribution in [2.45, 2.75) is 6.92 Å². The number of pyridine rings is 1. The van der Waals surface area contributed by atoms with E-state index >= 15 is 0 Å². The van der Waals surface area contributed by atoms with Crippen LogP contribution in [-0.4, -0.2) is 15.3 Å². The van der Waals surface area contributed by atoms with Gasteiger partial charge in [0, 0.05) is 18.7 Å². The van der Waals surface area contributed by atoms with Gasteiger partial charge in [0.1, 0.15) is 17.2 Å². The van der Waals surface area contributed by atoms with E-state index in [0.29, 0.717) is 5.82 Å². The number of hydrogen-bond donors (Lipinski definition) is 1. The Morgan fingerprint density at radius 1 is 1.11 bits per heavy atom. The fraction of sp³-hybridized carbons (Fsp3) is 0.0667. The van der Waals surface area contributed by atoms with Gasteiger partial charge in [-0.3, -0.25) is 9.20 Å². The van der Waals surface area contributed by atoms with Crippen LogP contribution in [0.15, 0.2) is 54.7 Å². The van der Waals surface area contributed by atoms with Crippen molar-refractivity contribution in [1.29, 1.82) is 0 Å². The first-order valence-electron chi connectivity index (χ1n) is 6.06. The minimum absolute atomic E-state index is 0.108. The summed E-state index contributed by atoms with van der Waals surface area (Å²) in [5.74, 6) is 0.595. The molecule has 1 amide bonds. The Morgan fingerprint density at radius 3 is 2.58 bits per heavy atom. The molecule has 0 atom stereocenters. The maximum atomic E-state index is 11.4. The van der Waals surface area contributed by atoms with E-state index in [-0.39, 0.29) is 5.91 Å². The van der Waals surface area contributed by atoms with Crippen LogP contribution in [0, 0.1) is 0 Å². The van der Waals surface area contributed by atoms with Gasteiger partial charge in [0.05, 0.1) is 0 Å². The second-order valence-corrected chi connectivity index (χ2v) is 4.29. The fourth-order valence-corrected chi connectivity index (χ4v) is 2.08. The predicted molar refractivity (Wildman–Crippen MR) is 74.9 cm³/mol. The van der Waals surface area contributed by atoms with Crippen LogP contribution in [0.2, 0.25) is 0 Å². The summed E-state index contributed by atoms with van der Waals surface area (Å²) in [6.07, 6.45) is 1.89. The van der Waals surface area contributed by atoms with Gasteiger partial charge in [0.15, 0.2) is 0 Å². The summed E-state index contributed by atoms with van der Waals surface area (Å²) in [5.41, 5.74) is 2.57. The lowest BCUT2D eigenvalue weighted by Crippen LogP contribution is -2.08. The Labute approximate surface area is 110 Å². The molecule has 1 aromatic carbocycles. The molecule has 0 unspecified atom stereocenters. The lowest BCUT2D eigenvalue weighted by molar-refractivity contribution is -0.114. The van der Waals surface area contributed by atoms with Crippen LogP contribution in [0.3, 0.4) is 0 Å². The number of benzene rings is 1. The summed E-state index contributed by atoms with van der Waals surface area (Å²) < 4.78 is 1.88. The smallest absolute Gasteiger partial charge is 0.222 e. The lowest BCUT2D eigenvalue weighted by Gasteiger charge is -2.05. The van der Waals surface area contributed by atoms with E-state index in [9.17, 15) is 4.79 Å². The highest BCUT2D eigenvalue weighted by Crippen LogP contribution is 2.28. The number of nitrogens with zero attached hydrogens (tertiary/aromatic N) is 2. The van der Waals surface area contributed by atoms with Crippen LogP contribution >= 0.6 is 0 Å². The van der Waals surface area contributed by atoms with Crippen LogP contribution < -0.4 is 5.32 Å². The van der Waals surface area contributed by atoms with Crippen molar-refractivity contribution < 1.29 is 4.79 Å². The van der Waals surface area contributed by atoms with Gasteiger partial charge < -0.3 is 5.32 Å². The molecular formula is C15H13N3O. The minimum atomic E-state index is -0.108. The zero-order valence-corrected chi connectivity index (χ0v) is 10.5. The Bertz CT molecular complexity index is 731. The van der Waals surface area contributed by atoms with Crippen molar-refractivity contribution in [2.75, 3.05) is 5.32 Å². The summed E-state index contributed by atoms with van der Waals surface area (Å²) in [5, 5.41) is 2.86. The van der Waals surface area contributed by atoms with Crippen molar-refractivity contribution in [3.63, 3.8) is 0 Å². The average Bonchev–Trinajstić information content (AvgIpc) is 2.78. The lowest BCUT2D eigenvalue weighted by atomic mass is 10.1. The van der Waals surface area contributed by atoms with Gasteiger partial charge in [-0.25, -0.2) is 4.98 Å². The first-order valence-corrected chi connectivity index (χ1v) is 6.06. The second-order valence-electron chi connectivity index (χ2n) is 4.29. The van der Waals surface area contributed by atoms with E-state index in [0.717, 1.165) is 16.9 Å². The van der Waals surface area contributed by atoms with Gasteiger partial charge >= 0.3 is 0 Å². The van der Waals surface area contributed by atoms with Gasteiger partial charge in [0.25, 0.3) is 0 Å². The van der Waals surface area contributed by atoms with E-state index in [2.05, 4.69) is 10.3 Å². The molecule has 3 aromatic rings. The molecule has 3 rings (SSSR count). The third kappa shape index (κ3) is 2.08. The normalized spacial score (nSPS) is 10.6. The zero-order chi connectivity index (χ0) is 13.2. The minimum Gasteiger partial charge on any atom is -0.310 e. The summed E-state index contributed by atoms with van der Waals surface area (Å²) in [4.78, 5) is 16.0. The molecule has 4 nitrogen and oxygen atoms in total. The highest BCUT2D eigenvalue weighted by molar-refractivity contribution is 5.93. The predicted octanol–water partition coefficient (Wildman–Crippen LogP) is 2.96. The highest BCUT2D eigenvalue weighted by atomic mass is 16.1. The number of carbonyl (C=O) groups excluding carboxylic acids is 1. The van der Waals surface area contributed by atoms with Crippen LogP contribution in [0.5, 0.6) is 0 Å². The number of amides is 1. The van der Waals surface area contributed by atoms with Crippen LogP contribution in [0.25, 0.3) is 16.9 Å². The molecule has 2 aromatic heterocycles. The third-order valence-corrected chi connectivity index (χ3v) is 2.87. The Kier molecular flexibility index (Phi) is 2.76. The molecule has 0 aliphatic rings. The van der Waals surface area contributed by atoms with E-state index in [1.807, 2.05) is 59.1 Å². The first kappa shape index (κ1) is 11.5. The van der Waals surface area contributed by atoms with Gasteiger partial charge in [-0.1, -0.05) is 36.4 Å². The number of hydrogen-bond acceptors (Lipinski definition) is 2. The van der Waals surface area contributed by atoms with Crippen LogP contribution in [0.4, 0.5) is 5.82 Å². The molecule has 0 radical (unpaired) electrons. The number of imidazole rings is 1. The van der Waals surface area contributed by atoms with Gasteiger partial charge in [-0.05, 0) is 12.1 Å². The largest absolute Gasteiger partial charge is 0.310 e. The van der Waals surface area contributed by atoms with Crippen molar-refractivity contribution in [3.05, 3.63) is 54.7 Å². The Balaban J connectivity index is 2.26. The Morgan fingerprint density at radius 2 is 1.84 bits per heavy atom. The molecule has 2 heterocycles. The highest BCUT2D eigenvalue weighted by Gasteiger charge is 2.14. The number of aromatic nitrogens is 2. The molecule has 0 bridgehead atoms. The molecule has 0 aliphatic heterocycles. The molecule has 94 valence electrons. The maximum absolute atomic E-state index is 11.4. The average molecular weight is 251 g/mol. The van der Waals surface area contributed by atoms with E-state index in [4.69, 9.17) is 0 Å². The van der Waals surface area contributed by atoms with Crippen molar-refractivity contribution in [1.82, 2.24) is 9.38 Å². The van der Waals surface area contributed by atoms with Gasteiger partial charge in [-0.15, -0.1) is 0 Å². The summed E-state index contributed by atoms with van der Waals surface area (Å²) in [6, 6.07) is 15.6. The molecule has 4 heteroatoms. The molecule has 19 heavy (non-hydrogen) atoms. The number of fused-ring (bicyclic) bond motifs is 1. The van der Waals surface area contributed by atoms with Gasteiger partial charge in [-0.2, -0.15) is 0 Å². The topological polar surface area (TPSA) is 46.4 Å². The van der Waals surface area contributed by atoms with Gasteiger partial charge in [0.2, 0.25) is 5.91 Å². The standard InChI is InChI=1S/C15H13N3O/c1-11(19)16-15-14(12-7-3-2-4-8-12)17-13-9-5-6-10-18(13)15/h2-10H,1H3,(H,16,19). The third-order valence-electron chi connectivity index (χ3n) is 2.87. The van der Waals surface area contributed by atoms with Crippen LogP contribution in [0.1, 0.15) is 6.92 Å². The summed E-state index contributed by atoms with van der Waals surface area (Å²) >= 11 is 0. The molecule has 0 saturated carbocycles. The summed E-state index contributed by atoms with van der Waals surface area (Å²) in [7, 11) is 0. The van der Waals surface area contributed by atoms with E-state index in [1.165, 1.54) is 6.92 Å². The zero-order valence-electron chi connectivity index (χ0n) is 10.5. The molecule has 0 spiro atoms. The first-order chi connectivity index (χ1) is 9.25. The van der Waals surface area contributed by atoms with Crippen LogP contribution in [-0.2, 0) is 4.79 Å². The molecule has 0 saturated heterocycles. The van der Waals surface area contributed by atoms with Crippen molar-refractivity contribution in [3.8, 4) is 11.3 Å². The Hall–Kier alpha value is -2.62. The maximum Gasteiger partial charge on any atom is 0.222 e. The summed E-state index contributed by atoms with van der Waals surface area (Å²) in [6.45, 7) is 1.50. The SMILES string of the molecule is CC(=O)Nc1c(-c2ccccc2)nc2ccccn12. The number of anilines is 1. The molecule has 0 fully saturated rings. The monoisotopic (exact) mass is 251 g/mol. The second kappa shape index (κ2) is 4.57. The van der Waals surface area contributed by atoms with Crippen molar-refractivity contribution in [2.24, 2.45) is 0 Å². The van der Waals surface area contributed by atoms with E-state index in [1.54, 1.807) is 0 Å². The van der Waals surface area contributed by atoms with E-state index < -0.39 is 0 Å². The molecular weight excluding hydrogens is 238 g/mol.